The van der Waals surface area contributed by atoms with Crippen LogP contribution in [0.5, 0.6) is 11.5 Å². The number of rotatable bonds is 9. The zero-order valence-corrected chi connectivity index (χ0v) is 15.9. The van der Waals surface area contributed by atoms with E-state index in [1.807, 2.05) is 0 Å². The highest BCUT2D eigenvalue weighted by Gasteiger charge is 2.35. The van der Waals surface area contributed by atoms with Crippen molar-refractivity contribution in [1.29, 1.82) is 0 Å². The van der Waals surface area contributed by atoms with Crippen molar-refractivity contribution in [3.05, 3.63) is 23.3 Å². The number of aliphatic hydroxyl groups excluding tert-OH is 2. The first-order valence-electron chi connectivity index (χ1n) is 8.20. The predicted octanol–water partition coefficient (Wildman–Crippen LogP) is -1.04. The van der Waals surface area contributed by atoms with E-state index in [4.69, 9.17) is 14.6 Å². The average Bonchev–Trinajstić information content (AvgIpc) is 2.69. The van der Waals surface area contributed by atoms with Crippen LogP contribution in [0.4, 0.5) is 0 Å². The van der Waals surface area contributed by atoms with Crippen LogP contribution in [0.3, 0.4) is 0 Å². The summed E-state index contributed by atoms with van der Waals surface area (Å²) in [6, 6.07) is 2.03. The quantitative estimate of drug-likeness (QED) is 0.270. The number of ether oxygens (including phenoxy) is 2. The smallest absolute Gasteiger partial charge is 0.233 e. The maximum atomic E-state index is 12.7. The third kappa shape index (κ3) is 4.68. The molecule has 1 aromatic carbocycles. The number of carbonyl (C=O) groups excluding carboxylic acids is 1. The van der Waals surface area contributed by atoms with Gasteiger partial charge in [-0.2, -0.15) is 4.31 Å². The molecule has 2 rings (SSSR count). The van der Waals surface area contributed by atoms with Crippen LogP contribution in [0.1, 0.15) is 11.1 Å². The Bertz CT molecular complexity index is 770. The Morgan fingerprint density at radius 1 is 1.26 bits per heavy atom. The van der Waals surface area contributed by atoms with Crippen LogP contribution < -0.4 is 9.47 Å². The number of methoxy groups -OCH3 is 2. The van der Waals surface area contributed by atoms with Gasteiger partial charge in [-0.05, 0) is 29.7 Å². The zero-order chi connectivity index (χ0) is 20.2. The van der Waals surface area contributed by atoms with Crippen molar-refractivity contribution in [2.75, 3.05) is 33.1 Å². The zero-order valence-electron chi connectivity index (χ0n) is 15.1. The number of hydrogen-bond donors (Lipinski definition) is 3. The number of sulfonamides is 1. The molecule has 0 aromatic heterocycles. The molecule has 0 radical (unpaired) electrons. The summed E-state index contributed by atoms with van der Waals surface area (Å²) in [6.07, 6.45) is -1.17. The van der Waals surface area contributed by atoms with Crippen molar-refractivity contribution >= 4 is 16.4 Å². The van der Waals surface area contributed by atoms with Crippen LogP contribution in [0, 0.1) is 0 Å². The van der Waals surface area contributed by atoms with Crippen LogP contribution >= 0.6 is 0 Å². The second kappa shape index (κ2) is 8.85. The molecule has 10 nitrogen and oxygen atoms in total. The van der Waals surface area contributed by atoms with Gasteiger partial charge in [0, 0.05) is 13.1 Å². The normalized spacial score (nSPS) is 16.9. The van der Waals surface area contributed by atoms with Crippen LogP contribution in [-0.4, -0.2) is 84.9 Å². The summed E-state index contributed by atoms with van der Waals surface area (Å²) < 4.78 is 37.2. The lowest BCUT2D eigenvalue weighted by molar-refractivity contribution is -0.169. The molecule has 1 heterocycles. The maximum Gasteiger partial charge on any atom is 0.233 e. The van der Waals surface area contributed by atoms with Crippen molar-refractivity contribution < 1.29 is 38.1 Å². The predicted molar refractivity (Wildman–Crippen MR) is 94.0 cm³/mol. The number of aliphatic hydroxyl groups is 2. The summed E-state index contributed by atoms with van der Waals surface area (Å²) in [6.45, 7) is -0.531. The summed E-state index contributed by atoms with van der Waals surface area (Å²) in [7, 11) is -0.939. The molecule has 1 aliphatic rings. The van der Waals surface area contributed by atoms with Gasteiger partial charge in [-0.25, -0.2) is 13.5 Å². The standard InChI is InChI=1S/C16H24N2O8S/c1-25-15-5-11-3-4-17(7-12(11)6-16(15)26-2)27(23,24)9-13(14(21)8-19)18(22)10-20/h5-6,10,13-14,19,21-22H,3-4,7-9H2,1-2H3/t13-,14-/m1/s1. The van der Waals surface area contributed by atoms with E-state index in [-0.39, 0.29) is 24.6 Å². The number of amides is 1. The van der Waals surface area contributed by atoms with Crippen molar-refractivity contribution in [3.63, 3.8) is 0 Å². The molecule has 2 atom stereocenters. The number of benzene rings is 1. The second-order valence-corrected chi connectivity index (χ2v) is 8.15. The SMILES string of the molecule is COc1cc2c(cc1OC)CN(S(=O)(=O)C[C@H]([C@H](O)CO)N(O)C=O)CC2. The van der Waals surface area contributed by atoms with Gasteiger partial charge in [0.05, 0.1) is 26.6 Å². The molecule has 0 saturated carbocycles. The molecular weight excluding hydrogens is 380 g/mol. The van der Waals surface area contributed by atoms with Crippen LogP contribution in [0.15, 0.2) is 12.1 Å². The fraction of sp³-hybridized carbons (Fsp3) is 0.562. The largest absolute Gasteiger partial charge is 0.493 e. The van der Waals surface area contributed by atoms with Gasteiger partial charge in [0.15, 0.2) is 11.5 Å². The van der Waals surface area contributed by atoms with E-state index in [0.717, 1.165) is 11.1 Å². The minimum Gasteiger partial charge on any atom is -0.493 e. The van der Waals surface area contributed by atoms with Gasteiger partial charge in [0.25, 0.3) is 0 Å². The Morgan fingerprint density at radius 2 is 1.85 bits per heavy atom. The van der Waals surface area contributed by atoms with Gasteiger partial charge < -0.3 is 19.7 Å². The molecule has 0 fully saturated rings. The molecule has 0 unspecified atom stereocenters. The first-order chi connectivity index (χ1) is 12.8. The molecule has 11 heteroatoms. The average molecular weight is 404 g/mol. The molecule has 152 valence electrons. The van der Waals surface area contributed by atoms with Crippen molar-refractivity contribution in [1.82, 2.24) is 9.37 Å². The Kier molecular flexibility index (Phi) is 7.00. The molecule has 27 heavy (non-hydrogen) atoms. The van der Waals surface area contributed by atoms with E-state index in [2.05, 4.69) is 0 Å². The Labute approximate surface area is 157 Å². The fourth-order valence-electron chi connectivity index (χ4n) is 2.98. The Hall–Kier alpha value is -1.92. The first-order valence-corrected chi connectivity index (χ1v) is 9.81. The molecule has 0 saturated heterocycles. The highest BCUT2D eigenvalue weighted by atomic mass is 32.2. The van der Waals surface area contributed by atoms with Gasteiger partial charge >= 0.3 is 0 Å². The topological polar surface area (TPSA) is 137 Å². The minimum atomic E-state index is -3.94. The number of fused-ring (bicyclic) bond motifs is 1. The molecule has 1 amide bonds. The van der Waals surface area contributed by atoms with Crippen molar-refractivity contribution in [2.45, 2.75) is 25.1 Å². The van der Waals surface area contributed by atoms with Crippen molar-refractivity contribution in [3.8, 4) is 11.5 Å². The van der Waals surface area contributed by atoms with E-state index in [9.17, 15) is 23.5 Å². The second-order valence-electron chi connectivity index (χ2n) is 6.14. The molecule has 3 N–H and O–H groups in total. The first kappa shape index (κ1) is 21.4. The minimum absolute atomic E-state index is 0.0122. The molecule has 0 spiro atoms. The highest BCUT2D eigenvalue weighted by Crippen LogP contribution is 2.34. The lowest BCUT2D eigenvalue weighted by Gasteiger charge is -2.32. The van der Waals surface area contributed by atoms with E-state index in [0.29, 0.717) is 17.9 Å². The number of nitrogens with zero attached hydrogens (tertiary/aromatic N) is 2. The van der Waals surface area contributed by atoms with E-state index in [1.54, 1.807) is 12.1 Å². The summed E-state index contributed by atoms with van der Waals surface area (Å²) in [5.41, 5.74) is 1.68. The molecule has 1 aliphatic heterocycles. The summed E-state index contributed by atoms with van der Waals surface area (Å²) in [4.78, 5) is 10.8. The highest BCUT2D eigenvalue weighted by molar-refractivity contribution is 7.89. The molecule has 0 aliphatic carbocycles. The number of carbonyl (C=O) groups is 1. The monoisotopic (exact) mass is 404 g/mol. The van der Waals surface area contributed by atoms with Gasteiger partial charge in [-0.1, -0.05) is 0 Å². The summed E-state index contributed by atoms with van der Waals surface area (Å²) in [5, 5.41) is 28.4. The molecule has 0 bridgehead atoms. The van der Waals surface area contributed by atoms with Gasteiger partial charge in [-0.3, -0.25) is 10.0 Å². The van der Waals surface area contributed by atoms with E-state index in [1.165, 1.54) is 18.5 Å². The molecular formula is C16H24N2O8S. The van der Waals surface area contributed by atoms with Crippen LogP contribution in [0.25, 0.3) is 0 Å². The van der Waals surface area contributed by atoms with Gasteiger partial charge in [0.2, 0.25) is 16.4 Å². The lowest BCUT2D eigenvalue weighted by atomic mass is 10.0. The number of hydroxylamine groups is 2. The van der Waals surface area contributed by atoms with Crippen LogP contribution in [-0.2, 0) is 27.8 Å². The Morgan fingerprint density at radius 3 is 2.37 bits per heavy atom. The fourth-order valence-corrected chi connectivity index (χ4v) is 4.70. The van der Waals surface area contributed by atoms with Gasteiger partial charge in [-0.15, -0.1) is 0 Å². The van der Waals surface area contributed by atoms with Gasteiger partial charge in [0.1, 0.15) is 12.1 Å². The van der Waals surface area contributed by atoms with E-state index < -0.39 is 34.5 Å². The van der Waals surface area contributed by atoms with Crippen molar-refractivity contribution in [2.24, 2.45) is 0 Å². The number of hydrogen-bond acceptors (Lipinski definition) is 8. The summed E-state index contributed by atoms with van der Waals surface area (Å²) in [5.74, 6) is 0.305. The molecule has 1 aromatic rings. The Balaban J connectivity index is 2.24. The van der Waals surface area contributed by atoms with E-state index >= 15 is 0 Å². The third-order valence-corrected chi connectivity index (χ3v) is 6.40. The third-order valence-electron chi connectivity index (χ3n) is 4.54. The maximum absolute atomic E-state index is 12.7. The summed E-state index contributed by atoms with van der Waals surface area (Å²) >= 11 is 0. The lowest BCUT2D eigenvalue weighted by Crippen LogP contribution is -2.50. The van der Waals surface area contributed by atoms with Crippen LogP contribution in [0.2, 0.25) is 0 Å².